The minimum atomic E-state index is -0.282. The molecule has 0 radical (unpaired) electrons. The van der Waals surface area contributed by atoms with E-state index in [-0.39, 0.29) is 17.1 Å². The van der Waals surface area contributed by atoms with Gasteiger partial charge < -0.3 is 5.32 Å². The van der Waals surface area contributed by atoms with Crippen molar-refractivity contribution in [3.63, 3.8) is 0 Å². The molecule has 0 aliphatic heterocycles. The lowest BCUT2D eigenvalue weighted by atomic mass is 9.89. The number of carbonyl (C=O) groups excluding carboxylic acids is 2. The number of allylic oxidation sites excluding steroid dienone is 1. The van der Waals surface area contributed by atoms with Gasteiger partial charge in [-0.25, -0.2) is 0 Å². The number of carbonyl (C=O) groups is 2. The number of hydrogen-bond acceptors (Lipinski definition) is 2. The largest absolute Gasteiger partial charge is 0.356 e. The van der Waals surface area contributed by atoms with Crippen molar-refractivity contribution in [3.8, 4) is 0 Å². The van der Waals surface area contributed by atoms with Gasteiger partial charge in [-0.3, -0.25) is 9.59 Å². The van der Waals surface area contributed by atoms with Gasteiger partial charge in [-0.2, -0.15) is 0 Å². The number of nitrogens with one attached hydrogen (secondary N) is 1. The maximum absolute atomic E-state index is 11.7. The van der Waals surface area contributed by atoms with E-state index < -0.39 is 0 Å². The summed E-state index contributed by atoms with van der Waals surface area (Å²) < 4.78 is 0. The SMILES string of the molecule is C=C(C)C(=O)CCCCCNC(=O)C(C)(C)CC. The van der Waals surface area contributed by atoms with E-state index >= 15 is 0 Å². The van der Waals surface area contributed by atoms with Crippen LogP contribution in [-0.2, 0) is 9.59 Å². The van der Waals surface area contributed by atoms with Crippen molar-refractivity contribution in [2.45, 2.75) is 59.8 Å². The van der Waals surface area contributed by atoms with Crippen LogP contribution in [0.2, 0.25) is 0 Å². The monoisotopic (exact) mass is 253 g/mol. The van der Waals surface area contributed by atoms with Crippen molar-refractivity contribution in [2.24, 2.45) is 5.41 Å². The smallest absolute Gasteiger partial charge is 0.225 e. The fourth-order valence-corrected chi connectivity index (χ4v) is 1.40. The molecule has 0 aliphatic rings. The summed E-state index contributed by atoms with van der Waals surface area (Å²) in [6.07, 6.45) is 4.18. The minimum Gasteiger partial charge on any atom is -0.356 e. The summed E-state index contributed by atoms with van der Waals surface area (Å²) in [7, 11) is 0. The second-order valence-corrected chi connectivity index (χ2v) is 5.51. The predicted molar refractivity (Wildman–Crippen MR) is 75.4 cm³/mol. The van der Waals surface area contributed by atoms with Gasteiger partial charge in [0.1, 0.15) is 0 Å². The van der Waals surface area contributed by atoms with Crippen molar-refractivity contribution < 1.29 is 9.59 Å². The Morgan fingerprint density at radius 2 is 1.78 bits per heavy atom. The molecule has 0 spiro atoms. The van der Waals surface area contributed by atoms with Crippen LogP contribution in [0.15, 0.2) is 12.2 Å². The van der Waals surface area contributed by atoms with Gasteiger partial charge in [0.2, 0.25) is 5.91 Å². The first kappa shape index (κ1) is 16.9. The van der Waals surface area contributed by atoms with E-state index in [1.165, 1.54) is 0 Å². The van der Waals surface area contributed by atoms with Gasteiger partial charge in [-0.15, -0.1) is 0 Å². The number of rotatable bonds is 9. The Hall–Kier alpha value is -1.12. The summed E-state index contributed by atoms with van der Waals surface area (Å²) in [5.74, 6) is 0.258. The highest BCUT2D eigenvalue weighted by Gasteiger charge is 2.24. The lowest BCUT2D eigenvalue weighted by Crippen LogP contribution is -2.36. The maximum atomic E-state index is 11.7. The zero-order chi connectivity index (χ0) is 14.2. The summed E-state index contributed by atoms with van der Waals surface area (Å²) in [6.45, 7) is 12.0. The van der Waals surface area contributed by atoms with Crippen LogP contribution in [0.3, 0.4) is 0 Å². The number of Topliss-reactive ketones (excluding diaryl/α,β-unsaturated/α-hetero) is 1. The fourth-order valence-electron chi connectivity index (χ4n) is 1.40. The molecule has 1 N–H and O–H groups in total. The van der Waals surface area contributed by atoms with Crippen molar-refractivity contribution >= 4 is 11.7 Å². The van der Waals surface area contributed by atoms with Crippen LogP contribution in [0.4, 0.5) is 0 Å². The first-order valence-corrected chi connectivity index (χ1v) is 6.78. The highest BCUT2D eigenvalue weighted by atomic mass is 16.2. The lowest BCUT2D eigenvalue weighted by Gasteiger charge is -2.21. The topological polar surface area (TPSA) is 46.2 Å². The van der Waals surface area contributed by atoms with Crippen molar-refractivity contribution in [1.29, 1.82) is 0 Å². The predicted octanol–water partition coefficient (Wildman–Crippen LogP) is 3.24. The Kier molecular flexibility index (Phi) is 7.56. The molecule has 0 heterocycles. The summed E-state index contributed by atoms with van der Waals surface area (Å²) in [4.78, 5) is 23.0. The van der Waals surface area contributed by atoms with Gasteiger partial charge in [0.05, 0.1) is 0 Å². The first-order valence-electron chi connectivity index (χ1n) is 6.78. The molecule has 18 heavy (non-hydrogen) atoms. The van der Waals surface area contributed by atoms with Crippen LogP contribution in [-0.4, -0.2) is 18.2 Å². The zero-order valence-electron chi connectivity index (χ0n) is 12.3. The van der Waals surface area contributed by atoms with Crippen molar-refractivity contribution in [3.05, 3.63) is 12.2 Å². The number of hydrogen-bond donors (Lipinski definition) is 1. The van der Waals surface area contributed by atoms with Crippen LogP contribution < -0.4 is 5.32 Å². The van der Waals surface area contributed by atoms with E-state index in [9.17, 15) is 9.59 Å². The van der Waals surface area contributed by atoms with Gasteiger partial charge in [-0.05, 0) is 31.8 Å². The van der Waals surface area contributed by atoms with E-state index in [1.807, 2.05) is 20.8 Å². The zero-order valence-corrected chi connectivity index (χ0v) is 12.3. The normalized spacial score (nSPS) is 11.1. The number of unbranched alkanes of at least 4 members (excludes halogenated alkanes) is 2. The third-order valence-electron chi connectivity index (χ3n) is 3.34. The van der Waals surface area contributed by atoms with Gasteiger partial charge in [-0.1, -0.05) is 33.8 Å². The van der Waals surface area contributed by atoms with Crippen LogP contribution in [0, 0.1) is 5.41 Å². The molecule has 104 valence electrons. The number of amides is 1. The fraction of sp³-hybridized carbons (Fsp3) is 0.733. The molecular weight excluding hydrogens is 226 g/mol. The second-order valence-electron chi connectivity index (χ2n) is 5.51. The molecule has 3 nitrogen and oxygen atoms in total. The van der Waals surface area contributed by atoms with Crippen LogP contribution in [0.25, 0.3) is 0 Å². The highest BCUT2D eigenvalue weighted by molar-refractivity contribution is 5.93. The summed E-state index contributed by atoms with van der Waals surface area (Å²) >= 11 is 0. The summed E-state index contributed by atoms with van der Waals surface area (Å²) in [5.41, 5.74) is 0.351. The van der Waals surface area contributed by atoms with E-state index in [1.54, 1.807) is 6.92 Å². The first-order chi connectivity index (χ1) is 8.31. The van der Waals surface area contributed by atoms with Gasteiger partial charge in [0.15, 0.2) is 5.78 Å². The van der Waals surface area contributed by atoms with Crippen molar-refractivity contribution in [1.82, 2.24) is 5.32 Å². The standard InChI is InChI=1S/C15H27NO2/c1-6-15(4,5)14(18)16-11-9-7-8-10-13(17)12(2)3/h2,6-11H2,1,3-5H3,(H,16,18). The summed E-state index contributed by atoms with van der Waals surface area (Å²) in [5, 5.41) is 2.94. The molecule has 0 unspecified atom stereocenters. The second kappa shape index (κ2) is 8.06. The molecule has 3 heteroatoms. The molecule has 0 bridgehead atoms. The van der Waals surface area contributed by atoms with E-state index in [4.69, 9.17) is 0 Å². The Balaban J connectivity index is 3.61. The molecule has 0 aromatic carbocycles. The van der Waals surface area contributed by atoms with Gasteiger partial charge in [0.25, 0.3) is 0 Å². The molecule has 0 rings (SSSR count). The van der Waals surface area contributed by atoms with E-state index in [2.05, 4.69) is 11.9 Å². The average Bonchev–Trinajstić information content (AvgIpc) is 2.32. The van der Waals surface area contributed by atoms with Crippen LogP contribution in [0.1, 0.15) is 59.8 Å². The lowest BCUT2D eigenvalue weighted by molar-refractivity contribution is -0.129. The maximum Gasteiger partial charge on any atom is 0.225 e. The Morgan fingerprint density at radius 1 is 1.17 bits per heavy atom. The van der Waals surface area contributed by atoms with Crippen LogP contribution >= 0.6 is 0 Å². The summed E-state index contributed by atoms with van der Waals surface area (Å²) in [6, 6.07) is 0. The molecule has 0 aromatic heterocycles. The van der Waals surface area contributed by atoms with E-state index in [0.717, 1.165) is 25.7 Å². The van der Waals surface area contributed by atoms with Gasteiger partial charge >= 0.3 is 0 Å². The molecule has 0 saturated carbocycles. The van der Waals surface area contributed by atoms with Gasteiger partial charge in [0, 0.05) is 18.4 Å². The molecule has 0 aliphatic carbocycles. The molecular formula is C15H27NO2. The Labute approximate surface area is 111 Å². The Morgan fingerprint density at radius 3 is 2.28 bits per heavy atom. The molecule has 0 aromatic rings. The molecule has 0 atom stereocenters. The highest BCUT2D eigenvalue weighted by Crippen LogP contribution is 2.19. The van der Waals surface area contributed by atoms with Crippen molar-refractivity contribution in [2.75, 3.05) is 6.54 Å². The van der Waals surface area contributed by atoms with Crippen LogP contribution in [0.5, 0.6) is 0 Å². The molecule has 0 saturated heterocycles. The molecule has 0 fully saturated rings. The number of ketones is 1. The van der Waals surface area contributed by atoms with E-state index in [0.29, 0.717) is 18.5 Å². The third kappa shape index (κ3) is 6.58. The quantitative estimate of drug-likeness (QED) is 0.506. The average molecular weight is 253 g/mol. The molecule has 1 amide bonds. The third-order valence-corrected chi connectivity index (χ3v) is 3.34. The minimum absolute atomic E-state index is 0.114. The Bertz CT molecular complexity index is 306.